The van der Waals surface area contributed by atoms with Crippen LogP contribution in [0.2, 0.25) is 0 Å². The van der Waals surface area contributed by atoms with E-state index in [4.69, 9.17) is 4.42 Å². The molecular formula is C16H20N4O2. The maximum absolute atomic E-state index is 12.5. The second-order valence-electron chi connectivity index (χ2n) is 6.18. The molecule has 6 heteroatoms. The standard InChI is InChI=1S/C16H20N4O2/c1-17-14-9-22-15-7-18-12(6-11(14)15)16(21)19-13-8-20-4-2-10(13)3-5-20/h6-7,9-10,13,17H,2-5,8H2,1H3,(H,19,21)/t13-/m0/s1. The first-order valence-electron chi connectivity index (χ1n) is 7.83. The first-order chi connectivity index (χ1) is 10.7. The maximum Gasteiger partial charge on any atom is 0.270 e. The minimum absolute atomic E-state index is 0.0936. The summed E-state index contributed by atoms with van der Waals surface area (Å²) in [6.07, 6.45) is 5.62. The van der Waals surface area contributed by atoms with Gasteiger partial charge in [-0.15, -0.1) is 0 Å². The Balaban J connectivity index is 1.55. The summed E-state index contributed by atoms with van der Waals surface area (Å²) in [4.78, 5) is 19.2. The Kier molecular flexibility index (Phi) is 3.26. The number of piperidine rings is 3. The van der Waals surface area contributed by atoms with Crippen LogP contribution >= 0.6 is 0 Å². The number of fused-ring (bicyclic) bond motifs is 4. The number of carbonyl (C=O) groups excluding carboxylic acids is 1. The Morgan fingerprint density at radius 3 is 2.91 bits per heavy atom. The van der Waals surface area contributed by atoms with Crippen LogP contribution in [0.4, 0.5) is 5.69 Å². The number of anilines is 1. The zero-order valence-corrected chi connectivity index (χ0v) is 12.6. The van der Waals surface area contributed by atoms with Crippen LogP contribution in [0.1, 0.15) is 23.3 Å². The normalized spacial score (nSPS) is 27.0. The molecule has 0 aromatic carbocycles. The van der Waals surface area contributed by atoms with Crippen LogP contribution in [-0.4, -0.2) is 48.5 Å². The Morgan fingerprint density at radius 2 is 2.23 bits per heavy atom. The van der Waals surface area contributed by atoms with E-state index in [0.717, 1.165) is 17.6 Å². The molecule has 0 spiro atoms. The molecule has 3 fully saturated rings. The van der Waals surface area contributed by atoms with Crippen molar-refractivity contribution < 1.29 is 9.21 Å². The van der Waals surface area contributed by atoms with Crippen molar-refractivity contribution in [2.75, 3.05) is 32.0 Å². The van der Waals surface area contributed by atoms with E-state index in [0.29, 0.717) is 17.2 Å². The number of furan rings is 1. The van der Waals surface area contributed by atoms with Crippen LogP contribution in [0, 0.1) is 5.92 Å². The van der Waals surface area contributed by atoms with Crippen molar-refractivity contribution in [1.29, 1.82) is 0 Å². The molecule has 2 aromatic heterocycles. The highest BCUT2D eigenvalue weighted by Crippen LogP contribution is 2.28. The molecule has 5 rings (SSSR count). The van der Waals surface area contributed by atoms with Gasteiger partial charge >= 0.3 is 0 Å². The number of hydrogen-bond donors (Lipinski definition) is 2. The molecule has 3 aliphatic rings. The zero-order chi connectivity index (χ0) is 15.1. The van der Waals surface area contributed by atoms with Crippen LogP contribution in [0.25, 0.3) is 11.0 Å². The van der Waals surface area contributed by atoms with Gasteiger partial charge in [-0.1, -0.05) is 0 Å². The molecule has 2 aromatic rings. The van der Waals surface area contributed by atoms with Gasteiger partial charge in [0, 0.05) is 25.0 Å². The highest BCUT2D eigenvalue weighted by atomic mass is 16.3. The van der Waals surface area contributed by atoms with Crippen LogP contribution < -0.4 is 10.6 Å². The van der Waals surface area contributed by atoms with Gasteiger partial charge in [-0.3, -0.25) is 4.79 Å². The number of carbonyl (C=O) groups is 1. The van der Waals surface area contributed by atoms with Crippen molar-refractivity contribution in [1.82, 2.24) is 15.2 Å². The van der Waals surface area contributed by atoms with Gasteiger partial charge < -0.3 is 20.0 Å². The van der Waals surface area contributed by atoms with E-state index in [2.05, 4.69) is 20.5 Å². The fourth-order valence-corrected chi connectivity index (χ4v) is 3.62. The molecule has 22 heavy (non-hydrogen) atoms. The molecule has 0 unspecified atom stereocenters. The Labute approximate surface area is 128 Å². The summed E-state index contributed by atoms with van der Waals surface area (Å²) in [6.45, 7) is 3.30. The van der Waals surface area contributed by atoms with Crippen LogP contribution in [0.15, 0.2) is 22.9 Å². The molecule has 3 saturated heterocycles. The topological polar surface area (TPSA) is 70.4 Å². The third kappa shape index (κ3) is 2.23. The summed E-state index contributed by atoms with van der Waals surface area (Å²) in [7, 11) is 1.83. The van der Waals surface area contributed by atoms with Gasteiger partial charge in [0.05, 0.1) is 11.9 Å². The first kappa shape index (κ1) is 13.6. The number of amides is 1. The smallest absolute Gasteiger partial charge is 0.270 e. The predicted molar refractivity (Wildman–Crippen MR) is 84.0 cm³/mol. The predicted octanol–water partition coefficient (Wildman–Crippen LogP) is 1.69. The van der Waals surface area contributed by atoms with Gasteiger partial charge in [0.1, 0.15) is 12.0 Å². The minimum atomic E-state index is -0.0936. The minimum Gasteiger partial charge on any atom is -0.460 e. The molecule has 0 aliphatic carbocycles. The number of nitrogens with zero attached hydrogens (tertiary/aromatic N) is 2. The van der Waals surface area contributed by atoms with Crippen molar-refractivity contribution >= 4 is 22.6 Å². The summed E-state index contributed by atoms with van der Waals surface area (Å²) in [5.41, 5.74) is 2.00. The molecule has 1 amide bonds. The molecule has 5 heterocycles. The Bertz CT molecular complexity index is 703. The maximum atomic E-state index is 12.5. The lowest BCUT2D eigenvalue weighted by molar-refractivity contribution is 0.0618. The fraction of sp³-hybridized carbons (Fsp3) is 0.500. The quantitative estimate of drug-likeness (QED) is 0.903. The van der Waals surface area contributed by atoms with E-state index >= 15 is 0 Å². The molecular weight excluding hydrogens is 280 g/mol. The summed E-state index contributed by atoms with van der Waals surface area (Å²) >= 11 is 0. The second kappa shape index (κ2) is 5.28. The van der Waals surface area contributed by atoms with E-state index in [9.17, 15) is 4.79 Å². The molecule has 2 N–H and O–H groups in total. The number of pyridine rings is 1. The number of nitrogens with one attached hydrogen (secondary N) is 2. The lowest BCUT2D eigenvalue weighted by Crippen LogP contribution is -2.57. The highest BCUT2D eigenvalue weighted by molar-refractivity contribution is 5.98. The number of hydrogen-bond acceptors (Lipinski definition) is 5. The summed E-state index contributed by atoms with van der Waals surface area (Å²) in [5, 5.41) is 7.11. The van der Waals surface area contributed by atoms with Crippen molar-refractivity contribution in [2.24, 2.45) is 5.92 Å². The van der Waals surface area contributed by atoms with Crippen molar-refractivity contribution in [3.63, 3.8) is 0 Å². The summed E-state index contributed by atoms with van der Waals surface area (Å²) in [6, 6.07) is 2.04. The lowest BCUT2D eigenvalue weighted by atomic mass is 9.84. The van der Waals surface area contributed by atoms with E-state index < -0.39 is 0 Å². The van der Waals surface area contributed by atoms with Crippen molar-refractivity contribution in [3.05, 3.63) is 24.2 Å². The molecule has 1 atom stereocenters. The summed E-state index contributed by atoms with van der Waals surface area (Å²) < 4.78 is 5.40. The Morgan fingerprint density at radius 1 is 1.41 bits per heavy atom. The van der Waals surface area contributed by atoms with Gasteiger partial charge in [-0.2, -0.15) is 0 Å². The van der Waals surface area contributed by atoms with Crippen LogP contribution in [0.5, 0.6) is 0 Å². The highest BCUT2D eigenvalue weighted by Gasteiger charge is 2.35. The second-order valence-corrected chi connectivity index (χ2v) is 6.18. The lowest BCUT2D eigenvalue weighted by Gasteiger charge is -2.44. The molecule has 0 radical (unpaired) electrons. The monoisotopic (exact) mass is 300 g/mol. The molecule has 116 valence electrons. The summed E-state index contributed by atoms with van der Waals surface area (Å²) in [5.74, 6) is 0.517. The SMILES string of the molecule is CNc1coc2cnc(C(=O)N[C@H]3CN4CCC3CC4)cc12. The van der Waals surface area contributed by atoms with Crippen LogP contribution in [0.3, 0.4) is 0 Å². The van der Waals surface area contributed by atoms with Gasteiger partial charge in [0.2, 0.25) is 0 Å². The van der Waals surface area contributed by atoms with Crippen molar-refractivity contribution in [3.8, 4) is 0 Å². The molecule has 2 bridgehead atoms. The van der Waals surface area contributed by atoms with Gasteiger partial charge in [0.15, 0.2) is 5.58 Å². The first-order valence-corrected chi connectivity index (χ1v) is 7.83. The van der Waals surface area contributed by atoms with E-state index in [1.54, 1.807) is 18.5 Å². The molecule has 6 nitrogen and oxygen atoms in total. The van der Waals surface area contributed by atoms with E-state index in [1.165, 1.54) is 25.9 Å². The van der Waals surface area contributed by atoms with Crippen molar-refractivity contribution in [2.45, 2.75) is 18.9 Å². The average molecular weight is 300 g/mol. The largest absolute Gasteiger partial charge is 0.460 e. The zero-order valence-electron chi connectivity index (χ0n) is 12.6. The van der Waals surface area contributed by atoms with Gasteiger partial charge in [-0.05, 0) is 37.9 Å². The van der Waals surface area contributed by atoms with Crippen LogP contribution in [-0.2, 0) is 0 Å². The van der Waals surface area contributed by atoms with Gasteiger partial charge in [0.25, 0.3) is 5.91 Å². The van der Waals surface area contributed by atoms with E-state index in [1.807, 2.05) is 7.05 Å². The fourth-order valence-electron chi connectivity index (χ4n) is 3.62. The molecule has 0 saturated carbocycles. The number of rotatable bonds is 3. The molecule has 3 aliphatic heterocycles. The van der Waals surface area contributed by atoms with E-state index in [-0.39, 0.29) is 11.9 Å². The average Bonchev–Trinajstić information content (AvgIpc) is 2.98. The third-order valence-corrected chi connectivity index (χ3v) is 4.94. The number of aromatic nitrogens is 1. The Hall–Kier alpha value is -2.08. The van der Waals surface area contributed by atoms with Gasteiger partial charge in [-0.25, -0.2) is 4.98 Å². The third-order valence-electron chi connectivity index (χ3n) is 4.94.